The molecule has 2 aliphatic heterocycles. The van der Waals surface area contributed by atoms with E-state index < -0.39 is 0 Å². The number of ether oxygens (including phenoxy) is 1. The molecule has 0 bridgehead atoms. The molecule has 38 heavy (non-hydrogen) atoms. The second-order valence-corrected chi connectivity index (χ2v) is 10.6. The van der Waals surface area contributed by atoms with Crippen LogP contribution >= 0.6 is 0 Å². The highest BCUT2D eigenvalue weighted by molar-refractivity contribution is 6.02. The van der Waals surface area contributed by atoms with Crippen molar-refractivity contribution in [3.63, 3.8) is 0 Å². The van der Waals surface area contributed by atoms with Crippen LogP contribution in [0.5, 0.6) is 5.75 Å². The number of rotatable bonds is 4. The first-order chi connectivity index (χ1) is 18.5. The first-order valence-electron chi connectivity index (χ1n) is 13.4. The molecule has 0 saturated carbocycles. The van der Waals surface area contributed by atoms with Gasteiger partial charge in [-0.1, -0.05) is 31.2 Å². The zero-order valence-electron chi connectivity index (χ0n) is 22.1. The fraction of sp³-hybridized carbons (Fsp3) is 0.400. The fourth-order valence-corrected chi connectivity index (χ4v) is 6.00. The maximum Gasteiger partial charge on any atom is 0.258 e. The third kappa shape index (κ3) is 4.12. The van der Waals surface area contributed by atoms with Gasteiger partial charge in [0.05, 0.1) is 36.4 Å². The zero-order valence-corrected chi connectivity index (χ0v) is 22.1. The van der Waals surface area contributed by atoms with E-state index >= 15 is 0 Å². The Labute approximate surface area is 222 Å². The molecule has 2 aromatic carbocycles. The Morgan fingerprint density at radius 1 is 1.13 bits per heavy atom. The summed E-state index contributed by atoms with van der Waals surface area (Å²) in [6.45, 7) is 6.35. The number of anilines is 1. The molecule has 2 saturated heterocycles. The van der Waals surface area contributed by atoms with Crippen LogP contribution in [0.2, 0.25) is 0 Å². The highest BCUT2D eigenvalue weighted by Gasteiger charge is 2.34. The van der Waals surface area contributed by atoms with Gasteiger partial charge < -0.3 is 14.5 Å². The first kappa shape index (κ1) is 24.2. The lowest BCUT2D eigenvalue weighted by molar-refractivity contribution is 0.0602. The van der Waals surface area contributed by atoms with Crippen LogP contribution < -0.4 is 9.64 Å². The van der Waals surface area contributed by atoms with Crippen molar-refractivity contribution in [3.05, 3.63) is 65.5 Å². The van der Waals surface area contributed by atoms with E-state index in [2.05, 4.69) is 17.9 Å². The number of aryl methyl sites for hydroxylation is 1. The average molecular weight is 509 g/mol. The van der Waals surface area contributed by atoms with E-state index in [1.165, 1.54) is 0 Å². The van der Waals surface area contributed by atoms with Crippen molar-refractivity contribution in [1.29, 1.82) is 5.26 Å². The van der Waals surface area contributed by atoms with Gasteiger partial charge in [0, 0.05) is 37.5 Å². The lowest BCUT2D eigenvalue weighted by atomic mass is 9.97. The number of nitrogens with zero attached hydrogens (tertiary/aromatic N) is 6. The first-order valence-corrected chi connectivity index (χ1v) is 13.4. The number of carbonyl (C=O) groups is 1. The second kappa shape index (κ2) is 9.64. The van der Waals surface area contributed by atoms with Crippen molar-refractivity contribution in [2.24, 2.45) is 11.8 Å². The minimum absolute atomic E-state index is 0.0156. The predicted octanol–water partition coefficient (Wildman–Crippen LogP) is 5.16. The fourth-order valence-electron chi connectivity index (χ4n) is 6.00. The van der Waals surface area contributed by atoms with Gasteiger partial charge in [-0.15, -0.1) is 0 Å². The summed E-state index contributed by atoms with van der Waals surface area (Å²) in [5.41, 5.74) is 3.21. The Bertz CT molecular complexity index is 1570. The summed E-state index contributed by atoms with van der Waals surface area (Å²) in [6, 6.07) is 16.2. The number of piperidine rings is 1. The highest BCUT2D eigenvalue weighted by atomic mass is 16.5. The number of carbonyl (C=O) groups excluding carboxylic acids is 1. The lowest BCUT2D eigenvalue weighted by Gasteiger charge is -2.35. The summed E-state index contributed by atoms with van der Waals surface area (Å²) >= 11 is 0. The van der Waals surface area contributed by atoms with Crippen molar-refractivity contribution < 1.29 is 9.53 Å². The van der Waals surface area contributed by atoms with Crippen LogP contribution in [0.15, 0.2) is 48.7 Å². The van der Waals surface area contributed by atoms with E-state index in [0.717, 1.165) is 59.3 Å². The van der Waals surface area contributed by atoms with Gasteiger partial charge in [0.25, 0.3) is 5.91 Å². The van der Waals surface area contributed by atoms with Crippen molar-refractivity contribution in [3.8, 4) is 11.8 Å². The number of likely N-dealkylation sites (tertiary alicyclic amines) is 1. The van der Waals surface area contributed by atoms with Crippen LogP contribution in [-0.4, -0.2) is 52.1 Å². The molecule has 1 amide bonds. The van der Waals surface area contributed by atoms with Gasteiger partial charge in [0.1, 0.15) is 11.6 Å². The molecule has 0 aliphatic carbocycles. The summed E-state index contributed by atoms with van der Waals surface area (Å²) in [4.78, 5) is 23.1. The Kier molecular flexibility index (Phi) is 6.15. The average Bonchev–Trinajstić information content (AvgIpc) is 3.53. The summed E-state index contributed by atoms with van der Waals surface area (Å²) in [7, 11) is 1.61. The molecule has 0 spiro atoms. The second-order valence-electron chi connectivity index (χ2n) is 10.6. The lowest BCUT2D eigenvalue weighted by Crippen LogP contribution is -2.38. The van der Waals surface area contributed by atoms with E-state index in [-0.39, 0.29) is 17.9 Å². The van der Waals surface area contributed by atoms with E-state index in [4.69, 9.17) is 14.8 Å². The molecule has 194 valence electrons. The molecule has 2 aromatic heterocycles. The van der Waals surface area contributed by atoms with Crippen molar-refractivity contribution >= 4 is 28.1 Å². The molecular weight excluding hydrogens is 476 g/mol. The smallest absolute Gasteiger partial charge is 0.258 e. The monoisotopic (exact) mass is 508 g/mol. The number of methoxy groups -OCH3 is 1. The third-order valence-corrected chi connectivity index (χ3v) is 8.11. The van der Waals surface area contributed by atoms with Crippen LogP contribution in [0, 0.1) is 30.1 Å². The molecule has 4 aromatic rings. The number of hydrogen-bond acceptors (Lipinski definition) is 6. The van der Waals surface area contributed by atoms with Crippen LogP contribution in [0.4, 0.5) is 5.82 Å². The van der Waals surface area contributed by atoms with Gasteiger partial charge in [-0.25, -0.2) is 9.50 Å². The van der Waals surface area contributed by atoms with Gasteiger partial charge in [0.15, 0.2) is 5.65 Å². The Balaban J connectivity index is 1.34. The number of aromatic nitrogens is 3. The Morgan fingerprint density at radius 3 is 2.66 bits per heavy atom. The van der Waals surface area contributed by atoms with Gasteiger partial charge in [-0.2, -0.15) is 10.4 Å². The molecular formula is C30H32N6O2. The SMILES string of the molecule is COc1cc2ccccc2cc1C(=O)N1CCCC[C@H]1c1cc2nc(N3C[C@@H](C#N)[C@@H](C)C3)c(C)cn2n1. The summed E-state index contributed by atoms with van der Waals surface area (Å²) in [6.07, 6.45) is 4.86. The van der Waals surface area contributed by atoms with E-state index in [1.54, 1.807) is 7.11 Å². The van der Waals surface area contributed by atoms with Gasteiger partial charge in [-0.3, -0.25) is 4.79 Å². The van der Waals surface area contributed by atoms with Gasteiger partial charge >= 0.3 is 0 Å². The van der Waals surface area contributed by atoms with Crippen LogP contribution in [0.1, 0.15) is 53.8 Å². The van der Waals surface area contributed by atoms with Crippen LogP contribution in [0.25, 0.3) is 16.4 Å². The quantitative estimate of drug-likeness (QED) is 0.378. The number of amides is 1. The minimum atomic E-state index is -0.132. The number of nitriles is 1. The molecule has 0 N–H and O–H groups in total. The number of fused-ring (bicyclic) bond motifs is 2. The van der Waals surface area contributed by atoms with Crippen LogP contribution in [-0.2, 0) is 0 Å². The Hall–Kier alpha value is -4.12. The molecule has 2 fully saturated rings. The zero-order chi connectivity index (χ0) is 26.4. The normalized spacial score (nSPS) is 21.7. The van der Waals surface area contributed by atoms with E-state index in [9.17, 15) is 10.1 Å². The molecule has 0 radical (unpaired) electrons. The topological polar surface area (TPSA) is 86.8 Å². The van der Waals surface area contributed by atoms with Crippen molar-refractivity contribution in [2.45, 2.75) is 39.2 Å². The minimum Gasteiger partial charge on any atom is -0.496 e. The largest absolute Gasteiger partial charge is 0.496 e. The maximum atomic E-state index is 14.0. The molecule has 4 heterocycles. The number of benzene rings is 2. The highest BCUT2D eigenvalue weighted by Crippen LogP contribution is 2.35. The Morgan fingerprint density at radius 2 is 1.92 bits per heavy atom. The van der Waals surface area contributed by atoms with E-state index in [0.29, 0.717) is 30.3 Å². The summed E-state index contributed by atoms with van der Waals surface area (Å²) in [5.74, 6) is 1.79. The third-order valence-electron chi connectivity index (χ3n) is 8.11. The standard InChI is InChI=1S/C30H32N6O2/c1-19-16-34(18-23(19)15-31)29-20(2)17-36-28(32-29)14-25(33-36)26-10-6-7-11-35(26)30(37)24-12-21-8-4-5-9-22(21)13-27(24)38-3/h4-5,8-9,12-14,17,19,23,26H,6-7,10-11,16,18H2,1-3H3/t19-,23+,26-/m0/s1. The number of hydrogen-bond donors (Lipinski definition) is 0. The van der Waals surface area contributed by atoms with E-state index in [1.807, 2.05) is 65.0 Å². The molecule has 6 rings (SSSR count). The predicted molar refractivity (Wildman–Crippen MR) is 146 cm³/mol. The van der Waals surface area contributed by atoms with Gasteiger partial charge in [-0.05, 0) is 55.0 Å². The molecule has 2 aliphatic rings. The molecule has 0 unspecified atom stereocenters. The summed E-state index contributed by atoms with van der Waals surface area (Å²) in [5, 5.41) is 16.4. The van der Waals surface area contributed by atoms with Crippen LogP contribution in [0.3, 0.4) is 0 Å². The van der Waals surface area contributed by atoms with Crippen molar-refractivity contribution in [2.75, 3.05) is 31.6 Å². The molecule has 8 heteroatoms. The maximum absolute atomic E-state index is 14.0. The molecule has 8 nitrogen and oxygen atoms in total. The molecule has 3 atom stereocenters. The van der Waals surface area contributed by atoms with Gasteiger partial charge in [0.2, 0.25) is 0 Å². The van der Waals surface area contributed by atoms with Crippen molar-refractivity contribution in [1.82, 2.24) is 19.5 Å². The summed E-state index contributed by atoms with van der Waals surface area (Å²) < 4.78 is 7.47.